The summed E-state index contributed by atoms with van der Waals surface area (Å²) < 4.78 is 5.97. The maximum atomic E-state index is 6.06. The summed E-state index contributed by atoms with van der Waals surface area (Å²) in [7, 11) is 0. The summed E-state index contributed by atoms with van der Waals surface area (Å²) >= 11 is 0. The third-order valence-electron chi connectivity index (χ3n) is 4.24. The number of guanidine groups is 2. The summed E-state index contributed by atoms with van der Waals surface area (Å²) in [6.07, 6.45) is 0.992. The van der Waals surface area contributed by atoms with E-state index in [4.69, 9.17) is 16.2 Å². The Hall–Kier alpha value is -3.22. The molecule has 0 spiro atoms. The van der Waals surface area contributed by atoms with E-state index in [0.29, 0.717) is 23.9 Å². The Kier molecular flexibility index (Phi) is 5.96. The highest BCUT2D eigenvalue weighted by Gasteiger charge is 2.22. The number of hydrogen-bond donors (Lipinski definition) is 3. The highest BCUT2D eigenvalue weighted by atomic mass is 16.5. The van der Waals surface area contributed by atoms with Crippen molar-refractivity contribution in [2.24, 2.45) is 15.7 Å². The number of aliphatic imine (C=N–C) groups is 2. The summed E-state index contributed by atoms with van der Waals surface area (Å²) in [6.45, 7) is 9.69. The molecule has 5 N–H and O–H groups in total. The van der Waals surface area contributed by atoms with Crippen LogP contribution in [0.1, 0.15) is 39.7 Å². The Labute approximate surface area is 172 Å². The lowest BCUT2D eigenvalue weighted by atomic mass is 10.1. The van der Waals surface area contributed by atoms with Crippen molar-refractivity contribution in [1.82, 2.24) is 4.90 Å². The zero-order valence-electron chi connectivity index (χ0n) is 17.6. The van der Waals surface area contributed by atoms with Gasteiger partial charge in [0.2, 0.25) is 11.9 Å². The fraction of sp³-hybridized carbons (Fsp3) is 0.364. The third kappa shape index (κ3) is 5.63. The van der Waals surface area contributed by atoms with Crippen molar-refractivity contribution in [2.75, 3.05) is 17.6 Å². The summed E-state index contributed by atoms with van der Waals surface area (Å²) in [5, 5.41) is 3.39. The fourth-order valence-corrected chi connectivity index (χ4v) is 3.11. The normalized spacial score (nSPS) is 15.8. The number of hydrogen-bond acceptors (Lipinski definition) is 3. The number of nitrogens with two attached hydrogens (primary N) is 2. The zero-order chi connectivity index (χ0) is 21.0. The van der Waals surface area contributed by atoms with Crippen LogP contribution >= 0.6 is 0 Å². The summed E-state index contributed by atoms with van der Waals surface area (Å²) in [4.78, 5) is 11.1. The van der Waals surface area contributed by atoms with Gasteiger partial charge in [-0.2, -0.15) is 4.99 Å². The van der Waals surface area contributed by atoms with E-state index in [-0.39, 0.29) is 11.5 Å². The van der Waals surface area contributed by atoms with Crippen LogP contribution in [0.4, 0.5) is 11.4 Å². The SMILES string of the molecule is CCCN1Cc2cc(Oc3cccc(N)c3)ccc2NC1=NC(N)=NC(C)(C)C. The van der Waals surface area contributed by atoms with Crippen LogP contribution in [0.5, 0.6) is 11.5 Å². The first-order chi connectivity index (χ1) is 13.7. The van der Waals surface area contributed by atoms with E-state index in [2.05, 4.69) is 27.1 Å². The van der Waals surface area contributed by atoms with Crippen LogP contribution in [0, 0.1) is 0 Å². The van der Waals surface area contributed by atoms with Gasteiger partial charge in [0.1, 0.15) is 11.5 Å². The molecule has 7 nitrogen and oxygen atoms in total. The first-order valence-electron chi connectivity index (χ1n) is 9.86. The minimum Gasteiger partial charge on any atom is -0.457 e. The van der Waals surface area contributed by atoms with Gasteiger partial charge in [-0.25, -0.2) is 4.99 Å². The van der Waals surface area contributed by atoms with E-state index < -0.39 is 0 Å². The van der Waals surface area contributed by atoms with Gasteiger partial charge in [0.15, 0.2) is 0 Å². The fourth-order valence-electron chi connectivity index (χ4n) is 3.11. The molecule has 1 heterocycles. The Morgan fingerprint density at radius 1 is 1.17 bits per heavy atom. The topological polar surface area (TPSA) is 101 Å². The van der Waals surface area contributed by atoms with Crippen LogP contribution < -0.4 is 21.5 Å². The molecule has 2 aromatic rings. The molecule has 0 radical (unpaired) electrons. The second-order valence-electron chi connectivity index (χ2n) is 8.12. The van der Waals surface area contributed by atoms with Crippen molar-refractivity contribution >= 4 is 23.3 Å². The number of nitrogens with zero attached hydrogens (tertiary/aromatic N) is 3. The molecule has 7 heteroatoms. The molecule has 0 atom stereocenters. The van der Waals surface area contributed by atoms with Crippen LogP contribution in [0.15, 0.2) is 52.4 Å². The van der Waals surface area contributed by atoms with Gasteiger partial charge in [0, 0.05) is 30.5 Å². The lowest BCUT2D eigenvalue weighted by Crippen LogP contribution is -2.41. The quantitative estimate of drug-likeness (QED) is 0.410. The minimum absolute atomic E-state index is 0.270. The summed E-state index contributed by atoms with van der Waals surface area (Å²) in [5.74, 6) is 2.47. The van der Waals surface area contributed by atoms with Gasteiger partial charge in [-0.1, -0.05) is 13.0 Å². The van der Waals surface area contributed by atoms with Crippen LogP contribution in [0.2, 0.25) is 0 Å². The van der Waals surface area contributed by atoms with Gasteiger partial charge in [0.25, 0.3) is 0 Å². The van der Waals surface area contributed by atoms with E-state index >= 15 is 0 Å². The summed E-state index contributed by atoms with van der Waals surface area (Å²) in [6, 6.07) is 13.4. The first-order valence-corrected chi connectivity index (χ1v) is 9.86. The van der Waals surface area contributed by atoms with E-state index in [1.807, 2.05) is 63.2 Å². The molecule has 29 heavy (non-hydrogen) atoms. The number of rotatable bonds is 4. The molecule has 1 aliphatic heterocycles. The predicted octanol–water partition coefficient (Wildman–Crippen LogP) is 4.17. The van der Waals surface area contributed by atoms with E-state index in [1.165, 1.54) is 0 Å². The largest absolute Gasteiger partial charge is 0.457 e. The van der Waals surface area contributed by atoms with Crippen molar-refractivity contribution in [3.05, 3.63) is 48.0 Å². The average Bonchev–Trinajstić information content (AvgIpc) is 2.61. The molecule has 0 fully saturated rings. The summed E-state index contributed by atoms with van der Waals surface area (Å²) in [5.41, 5.74) is 14.4. The Bertz CT molecular complexity index is 929. The van der Waals surface area contributed by atoms with Crippen LogP contribution in [-0.2, 0) is 6.54 Å². The lowest BCUT2D eigenvalue weighted by Gasteiger charge is -2.32. The smallest absolute Gasteiger partial charge is 0.219 e. The average molecular weight is 395 g/mol. The number of ether oxygens (including phenoxy) is 1. The van der Waals surface area contributed by atoms with Gasteiger partial charge >= 0.3 is 0 Å². The van der Waals surface area contributed by atoms with E-state index in [0.717, 1.165) is 30.0 Å². The van der Waals surface area contributed by atoms with Gasteiger partial charge in [0.05, 0.1) is 5.54 Å². The maximum absolute atomic E-state index is 6.06. The number of anilines is 2. The van der Waals surface area contributed by atoms with Gasteiger partial charge in [-0.05, 0) is 63.1 Å². The minimum atomic E-state index is -0.274. The Balaban J connectivity index is 1.85. The van der Waals surface area contributed by atoms with E-state index in [9.17, 15) is 0 Å². The Morgan fingerprint density at radius 2 is 1.93 bits per heavy atom. The van der Waals surface area contributed by atoms with Crippen LogP contribution in [0.3, 0.4) is 0 Å². The lowest BCUT2D eigenvalue weighted by molar-refractivity contribution is 0.404. The highest BCUT2D eigenvalue weighted by molar-refractivity contribution is 6.03. The molecular weight excluding hydrogens is 364 g/mol. The third-order valence-corrected chi connectivity index (χ3v) is 4.24. The first kappa shape index (κ1) is 20.5. The van der Waals surface area contributed by atoms with Gasteiger partial charge in [-0.3, -0.25) is 0 Å². The number of fused-ring (bicyclic) bond motifs is 1. The van der Waals surface area contributed by atoms with Crippen molar-refractivity contribution in [1.29, 1.82) is 0 Å². The second-order valence-corrected chi connectivity index (χ2v) is 8.12. The van der Waals surface area contributed by atoms with Crippen molar-refractivity contribution in [3.8, 4) is 11.5 Å². The van der Waals surface area contributed by atoms with Gasteiger partial charge in [-0.15, -0.1) is 0 Å². The molecule has 0 unspecified atom stereocenters. The number of nitrogens with one attached hydrogen (secondary N) is 1. The molecule has 154 valence electrons. The van der Waals surface area contributed by atoms with Gasteiger partial charge < -0.3 is 26.4 Å². The maximum Gasteiger partial charge on any atom is 0.219 e. The van der Waals surface area contributed by atoms with E-state index in [1.54, 1.807) is 0 Å². The molecule has 0 saturated carbocycles. The molecule has 2 aromatic carbocycles. The standard InChI is InChI=1S/C22H30N6O/c1-5-11-28-14-15-12-18(29-17-8-6-7-16(23)13-17)9-10-19(15)25-21(28)26-20(24)27-22(2,3)4/h6-10,12-13H,5,11,14,23H2,1-4H3,(H3,24,25,26,27). The molecule has 0 aromatic heterocycles. The Morgan fingerprint density at radius 3 is 2.62 bits per heavy atom. The second kappa shape index (κ2) is 8.43. The van der Waals surface area contributed by atoms with Crippen LogP contribution in [-0.4, -0.2) is 28.9 Å². The van der Waals surface area contributed by atoms with Crippen molar-refractivity contribution < 1.29 is 4.74 Å². The van der Waals surface area contributed by atoms with Crippen LogP contribution in [0.25, 0.3) is 0 Å². The monoisotopic (exact) mass is 394 g/mol. The van der Waals surface area contributed by atoms with Crippen molar-refractivity contribution in [3.63, 3.8) is 0 Å². The molecule has 0 amide bonds. The molecule has 0 saturated heterocycles. The number of benzene rings is 2. The highest BCUT2D eigenvalue weighted by Crippen LogP contribution is 2.30. The molecule has 3 rings (SSSR count). The molecular formula is C22H30N6O. The number of nitrogen functional groups attached to an aromatic ring is 1. The molecule has 0 bridgehead atoms. The van der Waals surface area contributed by atoms with Crippen molar-refractivity contribution in [2.45, 2.75) is 46.2 Å². The zero-order valence-corrected chi connectivity index (χ0v) is 17.6. The molecule has 0 aliphatic carbocycles. The molecule has 1 aliphatic rings. The predicted molar refractivity (Wildman–Crippen MR) is 121 cm³/mol.